The van der Waals surface area contributed by atoms with E-state index in [0.717, 1.165) is 0 Å². The van der Waals surface area contributed by atoms with Crippen molar-refractivity contribution in [1.29, 1.82) is 0 Å². The van der Waals surface area contributed by atoms with Crippen LogP contribution in [0.15, 0.2) is 0 Å². The van der Waals surface area contributed by atoms with E-state index in [9.17, 15) is 9.13 Å². The Hall–Kier alpha value is 0.300. The molecular weight excluding hydrogens is 290 g/mol. The molecule has 1 fully saturated rings. The third-order valence-electron chi connectivity index (χ3n) is 3.02. The van der Waals surface area contributed by atoms with Crippen LogP contribution < -0.4 is 0 Å². The molecule has 0 aliphatic carbocycles. The summed E-state index contributed by atoms with van der Waals surface area (Å²) < 4.78 is 46.8. The van der Waals surface area contributed by atoms with Gasteiger partial charge in [-0.15, -0.1) is 0 Å². The third-order valence-corrected chi connectivity index (χ3v) is 8.33. The summed E-state index contributed by atoms with van der Waals surface area (Å²) in [6.07, 6.45) is 0.321. The molecule has 0 saturated carbocycles. The monoisotopic (exact) mass is 314 g/mol. The molecule has 19 heavy (non-hydrogen) atoms. The lowest BCUT2D eigenvalue weighted by molar-refractivity contribution is 0.101. The van der Waals surface area contributed by atoms with Gasteiger partial charge in [-0.2, -0.15) is 0 Å². The summed E-state index contributed by atoms with van der Waals surface area (Å²) in [5.41, 5.74) is -0.327. The Labute approximate surface area is 115 Å². The quantitative estimate of drug-likeness (QED) is 0.661. The minimum atomic E-state index is -3.49. The van der Waals surface area contributed by atoms with Crippen molar-refractivity contribution in [2.45, 2.75) is 52.0 Å². The van der Waals surface area contributed by atoms with Gasteiger partial charge in [0.1, 0.15) is 0 Å². The predicted octanol–water partition coefficient (Wildman–Crippen LogP) is 4.01. The molecule has 0 radical (unpaired) electrons. The Balaban J connectivity index is 3.05. The van der Waals surface area contributed by atoms with Crippen molar-refractivity contribution in [3.63, 3.8) is 0 Å². The van der Waals surface area contributed by atoms with Crippen molar-refractivity contribution < 1.29 is 27.2 Å². The molecule has 0 bridgehead atoms. The normalized spacial score (nSPS) is 35.7. The summed E-state index contributed by atoms with van der Waals surface area (Å²) in [6, 6.07) is 0. The van der Waals surface area contributed by atoms with Crippen molar-refractivity contribution in [3.8, 4) is 0 Å². The highest BCUT2D eigenvalue weighted by Crippen LogP contribution is 2.75. The van der Waals surface area contributed by atoms with Crippen LogP contribution >= 0.6 is 15.2 Å². The fourth-order valence-corrected chi connectivity index (χ4v) is 6.93. The molecule has 1 saturated heterocycles. The van der Waals surface area contributed by atoms with Gasteiger partial charge in [-0.25, -0.2) is 0 Å². The molecule has 6 nitrogen and oxygen atoms in total. The van der Waals surface area contributed by atoms with Gasteiger partial charge in [-0.05, 0) is 27.7 Å². The van der Waals surface area contributed by atoms with E-state index in [1.807, 2.05) is 0 Å². The van der Waals surface area contributed by atoms with Crippen LogP contribution in [0.2, 0.25) is 0 Å². The summed E-state index contributed by atoms with van der Waals surface area (Å²) in [5, 5.41) is -1.22. The van der Waals surface area contributed by atoms with Gasteiger partial charge in [-0.3, -0.25) is 13.7 Å². The highest BCUT2D eigenvalue weighted by molar-refractivity contribution is 7.59. The summed E-state index contributed by atoms with van der Waals surface area (Å²) in [7, 11) is -6.75. The molecule has 1 aliphatic rings. The lowest BCUT2D eigenvalue weighted by Gasteiger charge is -2.31. The van der Waals surface area contributed by atoms with E-state index in [0.29, 0.717) is 6.42 Å². The Morgan fingerprint density at radius 2 is 1.79 bits per heavy atom. The van der Waals surface area contributed by atoms with Crippen LogP contribution in [0, 0.1) is 0 Å². The number of hydrogen-bond acceptors (Lipinski definition) is 6. The first-order valence-electron chi connectivity index (χ1n) is 6.61. The van der Waals surface area contributed by atoms with Crippen molar-refractivity contribution in [1.82, 2.24) is 0 Å². The molecule has 0 spiro atoms. The molecular formula is C11H24O6P2. The van der Waals surface area contributed by atoms with Crippen molar-refractivity contribution in [2.24, 2.45) is 0 Å². The van der Waals surface area contributed by atoms with Gasteiger partial charge in [0.25, 0.3) is 0 Å². The van der Waals surface area contributed by atoms with Crippen LogP contribution in [0.3, 0.4) is 0 Å². The molecule has 3 unspecified atom stereocenters. The highest BCUT2D eigenvalue weighted by Gasteiger charge is 2.60. The molecule has 0 N–H and O–H groups in total. The summed E-state index contributed by atoms with van der Waals surface area (Å²) in [6.45, 7) is 9.36. The van der Waals surface area contributed by atoms with E-state index < -0.39 is 20.5 Å². The number of hydrogen-bond donors (Lipinski definition) is 0. The largest absolute Gasteiger partial charge is 0.362 e. The van der Waals surface area contributed by atoms with Crippen LogP contribution in [0.25, 0.3) is 0 Å². The summed E-state index contributed by atoms with van der Waals surface area (Å²) in [5.74, 6) is 0. The smallest absolute Gasteiger partial charge is 0.309 e. The molecule has 0 aromatic carbocycles. The molecule has 1 heterocycles. The van der Waals surface area contributed by atoms with E-state index in [4.69, 9.17) is 18.1 Å². The second kappa shape index (κ2) is 6.38. The van der Waals surface area contributed by atoms with Crippen LogP contribution in [-0.4, -0.2) is 30.8 Å². The zero-order valence-electron chi connectivity index (χ0n) is 12.2. The van der Waals surface area contributed by atoms with Gasteiger partial charge in [0.2, 0.25) is 0 Å². The Kier molecular flexibility index (Phi) is 5.83. The van der Waals surface area contributed by atoms with E-state index >= 15 is 0 Å². The van der Waals surface area contributed by atoms with Crippen LogP contribution in [0.4, 0.5) is 0 Å². The van der Waals surface area contributed by atoms with Crippen molar-refractivity contribution in [2.75, 3.05) is 19.8 Å². The summed E-state index contributed by atoms with van der Waals surface area (Å²) >= 11 is 0. The Morgan fingerprint density at radius 1 is 1.26 bits per heavy atom. The SMILES string of the molecule is CCOP1(=O)OC(C)(P(=O)(OCC)OCC)CC1C. The minimum absolute atomic E-state index is 0.240. The first kappa shape index (κ1) is 17.4. The molecule has 0 aromatic heterocycles. The second-order valence-corrected chi connectivity index (χ2v) is 9.47. The first-order valence-corrected chi connectivity index (χ1v) is 9.76. The van der Waals surface area contributed by atoms with Gasteiger partial charge >= 0.3 is 15.2 Å². The second-order valence-electron chi connectivity index (χ2n) is 4.61. The third kappa shape index (κ3) is 3.31. The minimum Gasteiger partial charge on any atom is -0.309 e. The van der Waals surface area contributed by atoms with Gasteiger partial charge in [-0.1, -0.05) is 6.92 Å². The van der Waals surface area contributed by atoms with Crippen molar-refractivity contribution >= 4 is 15.2 Å². The van der Waals surface area contributed by atoms with E-state index in [-0.39, 0.29) is 25.5 Å². The van der Waals surface area contributed by atoms with Gasteiger partial charge < -0.3 is 13.6 Å². The molecule has 1 aliphatic heterocycles. The van der Waals surface area contributed by atoms with Gasteiger partial charge in [0.05, 0.1) is 25.5 Å². The van der Waals surface area contributed by atoms with E-state index in [2.05, 4.69) is 0 Å². The average Bonchev–Trinajstić information content (AvgIpc) is 2.52. The molecule has 0 aromatic rings. The lowest BCUT2D eigenvalue weighted by atomic mass is 10.2. The highest BCUT2D eigenvalue weighted by atomic mass is 31.2. The Bertz CT molecular complexity index is 389. The van der Waals surface area contributed by atoms with Crippen LogP contribution in [-0.2, 0) is 27.2 Å². The molecule has 0 amide bonds. The maximum atomic E-state index is 12.8. The molecule has 3 atom stereocenters. The number of rotatable bonds is 7. The maximum absolute atomic E-state index is 12.8. The van der Waals surface area contributed by atoms with Crippen molar-refractivity contribution in [3.05, 3.63) is 0 Å². The standard InChI is InChI=1S/C11H24O6P2/c1-6-14-18(12)10(4)9-11(5,17-18)19(13,15-7-2)16-8-3/h10H,6-9H2,1-5H3. The average molecular weight is 314 g/mol. The van der Waals surface area contributed by atoms with Crippen LogP contribution in [0.5, 0.6) is 0 Å². The van der Waals surface area contributed by atoms with Crippen LogP contribution in [0.1, 0.15) is 41.0 Å². The fraction of sp³-hybridized carbons (Fsp3) is 1.00. The van der Waals surface area contributed by atoms with E-state index in [1.54, 1.807) is 34.6 Å². The van der Waals surface area contributed by atoms with Gasteiger partial charge in [0, 0.05) is 6.42 Å². The topological polar surface area (TPSA) is 71.1 Å². The zero-order valence-corrected chi connectivity index (χ0v) is 14.0. The lowest BCUT2D eigenvalue weighted by Crippen LogP contribution is -2.26. The van der Waals surface area contributed by atoms with E-state index in [1.165, 1.54) is 0 Å². The van der Waals surface area contributed by atoms with Gasteiger partial charge in [0.15, 0.2) is 5.34 Å². The fourth-order valence-electron chi connectivity index (χ4n) is 2.21. The predicted molar refractivity (Wildman–Crippen MR) is 73.7 cm³/mol. The summed E-state index contributed by atoms with van der Waals surface area (Å²) in [4.78, 5) is 0. The first-order chi connectivity index (χ1) is 8.77. The molecule has 1 rings (SSSR count). The Morgan fingerprint density at radius 3 is 2.21 bits per heavy atom. The zero-order chi connectivity index (χ0) is 14.7. The maximum Gasteiger partial charge on any atom is 0.362 e. The molecule has 8 heteroatoms. The molecule has 114 valence electrons.